The molecule has 0 aromatic heterocycles. The molecular weight excluding hydrogens is 169 g/mol. The van der Waals surface area contributed by atoms with Gasteiger partial charge in [-0.1, -0.05) is 0 Å². The topological polar surface area (TPSA) is 6.48 Å². The average molecular weight is 181 g/mol. The van der Waals surface area contributed by atoms with Crippen molar-refractivity contribution in [3.05, 3.63) is 0 Å². The van der Waals surface area contributed by atoms with E-state index < -0.39 is 0 Å². The van der Waals surface area contributed by atoms with Gasteiger partial charge in [0.2, 0.25) is 0 Å². The van der Waals surface area contributed by atoms with Crippen LogP contribution in [0.25, 0.3) is 0 Å². The minimum Gasteiger partial charge on any atom is -0.338 e. The molecule has 0 amide bonds. The summed E-state index contributed by atoms with van der Waals surface area (Å²) in [5.74, 6) is 0. The summed E-state index contributed by atoms with van der Waals surface area (Å²) in [6.45, 7) is 0. The molecule has 58 valence electrons. The van der Waals surface area contributed by atoms with E-state index >= 15 is 0 Å². The molecular formula is C4H12B2Cl2N2. The lowest BCUT2D eigenvalue weighted by Crippen LogP contribution is -2.48. The van der Waals surface area contributed by atoms with Crippen molar-refractivity contribution in [2.75, 3.05) is 28.2 Å². The van der Waals surface area contributed by atoms with Crippen molar-refractivity contribution >= 4 is 35.2 Å². The van der Waals surface area contributed by atoms with E-state index in [0.29, 0.717) is 0 Å². The molecule has 0 aliphatic heterocycles. The Morgan fingerprint density at radius 1 is 0.800 bits per heavy atom. The number of hydrogen-bond acceptors (Lipinski definition) is 2. The number of nitrogens with zero attached hydrogens (tertiary/aromatic N) is 2. The van der Waals surface area contributed by atoms with Crippen LogP contribution in [-0.2, 0) is 0 Å². The molecule has 0 aliphatic rings. The molecule has 0 radical (unpaired) electrons. The van der Waals surface area contributed by atoms with Gasteiger partial charge in [-0.15, -0.1) is 0 Å². The van der Waals surface area contributed by atoms with E-state index in [1.165, 1.54) is 0 Å². The predicted octanol–water partition coefficient (Wildman–Crippen LogP) is 0.642. The molecule has 0 spiro atoms. The second kappa shape index (κ2) is 4.50. The fourth-order valence-electron chi connectivity index (χ4n) is 0.492. The maximum atomic E-state index is 5.91. The highest BCUT2D eigenvalue weighted by Gasteiger charge is 2.30. The Bertz CT molecular complexity index is 89.3. The minimum absolute atomic E-state index is 0.142. The Kier molecular flexibility index (Phi) is 4.78. The second-order valence-corrected chi connectivity index (χ2v) is 3.57. The molecule has 0 fully saturated rings. The van der Waals surface area contributed by atoms with Crippen LogP contribution in [0.2, 0.25) is 0 Å². The summed E-state index contributed by atoms with van der Waals surface area (Å²) in [5, 5.41) is 0. The van der Waals surface area contributed by atoms with Gasteiger partial charge < -0.3 is 9.62 Å². The number of rotatable bonds is 3. The summed E-state index contributed by atoms with van der Waals surface area (Å²) in [7, 11) is 7.60. The molecule has 10 heavy (non-hydrogen) atoms. The molecule has 6 heteroatoms. The monoisotopic (exact) mass is 180 g/mol. The summed E-state index contributed by atoms with van der Waals surface area (Å²) in [4.78, 5) is 3.75. The predicted molar refractivity (Wildman–Crippen MR) is 50.6 cm³/mol. The lowest BCUT2D eigenvalue weighted by molar-refractivity contribution is 0.639. The van der Waals surface area contributed by atoms with Gasteiger partial charge in [0.15, 0.2) is 0 Å². The largest absolute Gasteiger partial charge is 0.338 e. The normalized spacial score (nSPS) is 10.8. The molecule has 0 N–H and O–H groups in total. The third-order valence-electron chi connectivity index (χ3n) is 1.21. The van der Waals surface area contributed by atoms with Crippen molar-refractivity contribution in [2.24, 2.45) is 0 Å². The van der Waals surface area contributed by atoms with Gasteiger partial charge in [0, 0.05) is 0 Å². The van der Waals surface area contributed by atoms with E-state index in [-0.39, 0.29) is 12.3 Å². The highest BCUT2D eigenvalue weighted by atomic mass is 35.5. The first-order valence-corrected chi connectivity index (χ1v) is 3.95. The van der Waals surface area contributed by atoms with Gasteiger partial charge in [-0.25, -0.2) is 0 Å². The van der Waals surface area contributed by atoms with E-state index in [9.17, 15) is 0 Å². The van der Waals surface area contributed by atoms with Crippen LogP contribution in [0.5, 0.6) is 0 Å². The molecule has 0 unspecified atom stereocenters. The van der Waals surface area contributed by atoms with Gasteiger partial charge in [-0.05, 0) is 28.2 Å². The van der Waals surface area contributed by atoms with Gasteiger partial charge >= 0.3 is 12.3 Å². The van der Waals surface area contributed by atoms with E-state index in [0.717, 1.165) is 0 Å². The first-order chi connectivity index (χ1) is 4.46. The molecule has 0 bridgehead atoms. The zero-order chi connectivity index (χ0) is 8.31. The second-order valence-electron chi connectivity index (χ2n) is 2.67. The average Bonchev–Trinajstić information content (AvgIpc) is 1.84. The molecule has 2 nitrogen and oxygen atoms in total. The molecule has 0 saturated heterocycles. The molecule has 0 aromatic rings. The zero-order valence-corrected chi connectivity index (χ0v) is 8.32. The Labute approximate surface area is 73.5 Å². The third kappa shape index (κ3) is 3.15. The fraction of sp³-hybridized carbons (Fsp3) is 1.00. The maximum absolute atomic E-state index is 5.91. The van der Waals surface area contributed by atoms with Crippen LogP contribution in [0.3, 0.4) is 0 Å². The zero-order valence-electron chi connectivity index (χ0n) is 6.81. The van der Waals surface area contributed by atoms with Crippen LogP contribution in [0, 0.1) is 0 Å². The standard InChI is InChI=1S/C4H12B2Cl2N2/c1-9(2)5(7)6(8)10(3)4/h1-4H3. The molecule has 0 saturated carbocycles. The van der Waals surface area contributed by atoms with Crippen molar-refractivity contribution in [2.45, 2.75) is 0 Å². The van der Waals surface area contributed by atoms with Crippen LogP contribution >= 0.6 is 22.9 Å². The Balaban J connectivity index is 3.81. The van der Waals surface area contributed by atoms with E-state index in [1.54, 1.807) is 0 Å². The summed E-state index contributed by atoms with van der Waals surface area (Å²) in [6, 6.07) is 0. The quantitative estimate of drug-likeness (QED) is 0.589. The van der Waals surface area contributed by atoms with Gasteiger partial charge in [-0.2, -0.15) is 22.9 Å². The number of hydrogen-bond donors (Lipinski definition) is 0. The van der Waals surface area contributed by atoms with Crippen molar-refractivity contribution in [1.29, 1.82) is 0 Å². The number of halogens is 2. The summed E-state index contributed by atoms with van der Waals surface area (Å²) in [5.41, 5.74) is 0. The molecule has 0 aromatic carbocycles. The molecule has 0 atom stereocenters. The van der Waals surface area contributed by atoms with E-state index in [2.05, 4.69) is 0 Å². The van der Waals surface area contributed by atoms with Crippen LogP contribution in [0.4, 0.5) is 0 Å². The Morgan fingerprint density at radius 2 is 1.00 bits per heavy atom. The summed E-state index contributed by atoms with van der Waals surface area (Å²) in [6.07, 6.45) is -0.284. The lowest BCUT2D eigenvalue weighted by Gasteiger charge is -2.21. The first-order valence-electron chi connectivity index (χ1n) is 3.08. The Hall–Kier alpha value is 0.630. The van der Waals surface area contributed by atoms with Gasteiger partial charge in [-0.3, -0.25) is 0 Å². The van der Waals surface area contributed by atoms with Crippen LogP contribution < -0.4 is 0 Å². The van der Waals surface area contributed by atoms with E-state index in [4.69, 9.17) is 22.9 Å². The van der Waals surface area contributed by atoms with E-state index in [1.807, 2.05) is 37.8 Å². The van der Waals surface area contributed by atoms with Crippen molar-refractivity contribution in [1.82, 2.24) is 9.62 Å². The SMILES string of the molecule is CN(C)B(Cl)B(Cl)N(C)C. The lowest BCUT2D eigenvalue weighted by atomic mass is 9.50. The Morgan fingerprint density at radius 3 is 1.10 bits per heavy atom. The molecule has 0 rings (SSSR count). The van der Waals surface area contributed by atoms with Gasteiger partial charge in [0.1, 0.15) is 0 Å². The highest BCUT2D eigenvalue weighted by Crippen LogP contribution is 2.05. The first kappa shape index (κ1) is 10.6. The molecule has 0 heterocycles. The smallest absolute Gasteiger partial charge is 0.334 e. The third-order valence-corrected chi connectivity index (χ3v) is 2.60. The summed E-state index contributed by atoms with van der Waals surface area (Å²) >= 11 is 11.8. The van der Waals surface area contributed by atoms with Crippen LogP contribution in [0.1, 0.15) is 0 Å². The van der Waals surface area contributed by atoms with Gasteiger partial charge in [0.05, 0.1) is 0 Å². The van der Waals surface area contributed by atoms with Crippen LogP contribution in [0.15, 0.2) is 0 Å². The van der Waals surface area contributed by atoms with Gasteiger partial charge in [0.25, 0.3) is 0 Å². The van der Waals surface area contributed by atoms with Crippen molar-refractivity contribution in [3.8, 4) is 0 Å². The molecule has 0 aliphatic carbocycles. The highest BCUT2D eigenvalue weighted by molar-refractivity contribution is 7.54. The minimum atomic E-state index is -0.142. The fourth-order valence-corrected chi connectivity index (χ4v) is 0.943. The van der Waals surface area contributed by atoms with Crippen molar-refractivity contribution in [3.63, 3.8) is 0 Å². The van der Waals surface area contributed by atoms with Crippen molar-refractivity contribution < 1.29 is 0 Å². The maximum Gasteiger partial charge on any atom is 0.334 e. The van der Waals surface area contributed by atoms with Crippen LogP contribution in [-0.4, -0.2) is 50.1 Å². The summed E-state index contributed by atoms with van der Waals surface area (Å²) < 4.78 is 0.